The minimum absolute atomic E-state index is 0.0532. The number of carbonyl (C=O) groups excluding carboxylic acids is 2. The Morgan fingerprint density at radius 1 is 1.19 bits per heavy atom. The normalized spacial score (nSPS) is 15.8. The second-order valence-electron chi connectivity index (χ2n) is 7.09. The number of cyclic esters (lactones) is 1. The summed E-state index contributed by atoms with van der Waals surface area (Å²) >= 11 is 5.59. The van der Waals surface area contributed by atoms with Crippen LogP contribution in [0.25, 0.3) is 0 Å². The minimum atomic E-state index is -1.00. The van der Waals surface area contributed by atoms with E-state index in [4.69, 9.17) is 21.1 Å². The van der Waals surface area contributed by atoms with Crippen LogP contribution in [0, 0.1) is 17.5 Å². The summed E-state index contributed by atoms with van der Waals surface area (Å²) in [5.74, 6) is -2.97. The maximum atomic E-state index is 13.4. The van der Waals surface area contributed by atoms with Crippen molar-refractivity contribution in [3.8, 4) is 5.75 Å². The molecule has 1 heterocycles. The molecule has 3 rings (SSSR count). The lowest BCUT2D eigenvalue weighted by Gasteiger charge is -2.32. The van der Waals surface area contributed by atoms with E-state index in [-0.39, 0.29) is 30.3 Å². The Morgan fingerprint density at radius 2 is 1.97 bits per heavy atom. The molecule has 1 atom stereocenters. The molecule has 10 heteroatoms. The van der Waals surface area contributed by atoms with Crippen LogP contribution in [0.1, 0.15) is 24.5 Å². The van der Waals surface area contributed by atoms with Crippen LogP contribution in [0.2, 0.25) is 5.02 Å². The Morgan fingerprint density at radius 3 is 2.66 bits per heavy atom. The Hall–Kier alpha value is -3.20. The standard InChI is InChI=1S/C22H20ClF3N2O4/c1-13(27-21(29)12-31-15-3-4-16(23)18(25)11-15)6-8-28-9-7-20(32-22(28)30)14-2-5-17(24)19(26)10-14/h2-5,10-11,20H,1,6-9,12H2,(H,27,29). The maximum Gasteiger partial charge on any atom is 0.410 e. The molecule has 170 valence electrons. The highest BCUT2D eigenvalue weighted by Crippen LogP contribution is 2.28. The van der Waals surface area contributed by atoms with Gasteiger partial charge in [0.2, 0.25) is 0 Å². The number of hydrogen-bond donors (Lipinski definition) is 1. The number of nitrogens with zero attached hydrogens (tertiary/aromatic N) is 1. The molecule has 2 aromatic rings. The Kier molecular flexibility index (Phi) is 7.63. The molecule has 1 saturated heterocycles. The second-order valence-corrected chi connectivity index (χ2v) is 7.50. The molecule has 2 aromatic carbocycles. The third-order valence-electron chi connectivity index (χ3n) is 4.74. The molecule has 0 aromatic heterocycles. The third-order valence-corrected chi connectivity index (χ3v) is 5.05. The topological polar surface area (TPSA) is 67.9 Å². The maximum absolute atomic E-state index is 13.4. The van der Waals surface area contributed by atoms with Crippen molar-refractivity contribution in [1.82, 2.24) is 10.2 Å². The first kappa shape index (κ1) is 23.5. The van der Waals surface area contributed by atoms with Crippen LogP contribution in [0.15, 0.2) is 48.7 Å². The summed E-state index contributed by atoms with van der Waals surface area (Å²) in [4.78, 5) is 25.6. The summed E-state index contributed by atoms with van der Waals surface area (Å²) in [5.41, 5.74) is 0.741. The van der Waals surface area contributed by atoms with Crippen LogP contribution in [0.5, 0.6) is 5.75 Å². The van der Waals surface area contributed by atoms with Gasteiger partial charge in [-0.05, 0) is 29.8 Å². The van der Waals surface area contributed by atoms with Crippen molar-refractivity contribution >= 4 is 23.6 Å². The fourth-order valence-electron chi connectivity index (χ4n) is 3.05. The first-order chi connectivity index (χ1) is 15.2. The van der Waals surface area contributed by atoms with Gasteiger partial charge < -0.3 is 19.7 Å². The van der Waals surface area contributed by atoms with Gasteiger partial charge in [0.15, 0.2) is 18.2 Å². The second kappa shape index (κ2) is 10.4. The molecule has 2 amide bonds. The highest BCUT2D eigenvalue weighted by atomic mass is 35.5. The quantitative estimate of drug-likeness (QED) is 0.607. The van der Waals surface area contributed by atoms with E-state index in [1.807, 2.05) is 0 Å². The summed E-state index contributed by atoms with van der Waals surface area (Å²) in [6.45, 7) is 3.97. The van der Waals surface area contributed by atoms with E-state index in [1.165, 1.54) is 23.1 Å². The number of benzene rings is 2. The van der Waals surface area contributed by atoms with Gasteiger partial charge >= 0.3 is 6.09 Å². The molecule has 0 aliphatic carbocycles. The largest absolute Gasteiger partial charge is 0.484 e. The fourth-order valence-corrected chi connectivity index (χ4v) is 3.17. The van der Waals surface area contributed by atoms with Crippen LogP contribution in [-0.4, -0.2) is 36.6 Å². The van der Waals surface area contributed by atoms with Crippen LogP contribution in [0.4, 0.5) is 18.0 Å². The number of nitrogens with one attached hydrogen (secondary N) is 1. The van der Waals surface area contributed by atoms with Crippen molar-refractivity contribution in [1.29, 1.82) is 0 Å². The smallest absolute Gasteiger partial charge is 0.410 e. The summed E-state index contributed by atoms with van der Waals surface area (Å²) < 4.78 is 50.4. The molecule has 6 nitrogen and oxygen atoms in total. The zero-order chi connectivity index (χ0) is 23.3. The van der Waals surface area contributed by atoms with Gasteiger partial charge in [0.25, 0.3) is 5.91 Å². The van der Waals surface area contributed by atoms with Crippen molar-refractivity contribution < 1.29 is 32.2 Å². The SMILES string of the molecule is C=C(CCN1CCC(c2ccc(F)c(F)c2)OC1=O)NC(=O)COc1ccc(Cl)c(F)c1. The Labute approximate surface area is 187 Å². The van der Waals surface area contributed by atoms with E-state index in [9.17, 15) is 22.8 Å². The van der Waals surface area contributed by atoms with Crippen molar-refractivity contribution in [2.75, 3.05) is 19.7 Å². The zero-order valence-corrected chi connectivity index (χ0v) is 17.6. The predicted molar refractivity (Wildman–Crippen MR) is 111 cm³/mol. The highest BCUT2D eigenvalue weighted by molar-refractivity contribution is 6.30. The molecular weight excluding hydrogens is 449 g/mol. The molecule has 1 aliphatic heterocycles. The lowest BCUT2D eigenvalue weighted by atomic mass is 10.0. The fraction of sp³-hybridized carbons (Fsp3) is 0.273. The van der Waals surface area contributed by atoms with Crippen LogP contribution >= 0.6 is 11.6 Å². The van der Waals surface area contributed by atoms with E-state index < -0.39 is 35.6 Å². The molecule has 0 saturated carbocycles. The van der Waals surface area contributed by atoms with Crippen molar-refractivity contribution in [2.24, 2.45) is 0 Å². The lowest BCUT2D eigenvalue weighted by Crippen LogP contribution is -2.40. The average Bonchev–Trinajstić information content (AvgIpc) is 2.75. The number of ether oxygens (including phenoxy) is 2. The van der Waals surface area contributed by atoms with Crippen LogP contribution < -0.4 is 10.1 Å². The first-order valence-corrected chi connectivity index (χ1v) is 10.1. The van der Waals surface area contributed by atoms with Gasteiger partial charge in [-0.15, -0.1) is 0 Å². The molecular formula is C22H20ClF3N2O4. The van der Waals surface area contributed by atoms with E-state index in [0.717, 1.165) is 18.2 Å². The summed E-state index contributed by atoms with van der Waals surface area (Å²) in [7, 11) is 0. The molecule has 0 spiro atoms. The molecule has 1 aliphatic rings. The van der Waals surface area contributed by atoms with Gasteiger partial charge in [-0.3, -0.25) is 4.79 Å². The number of hydrogen-bond acceptors (Lipinski definition) is 4. The average molecular weight is 469 g/mol. The Bertz CT molecular complexity index is 1030. The summed E-state index contributed by atoms with van der Waals surface area (Å²) in [5, 5.41) is 2.49. The number of carbonyl (C=O) groups is 2. The van der Waals surface area contributed by atoms with Crippen LogP contribution in [0.3, 0.4) is 0 Å². The predicted octanol–water partition coefficient (Wildman–Crippen LogP) is 4.74. The van der Waals surface area contributed by atoms with E-state index in [0.29, 0.717) is 24.2 Å². The number of rotatable bonds is 8. The summed E-state index contributed by atoms with van der Waals surface area (Å²) in [6, 6.07) is 7.20. The third kappa shape index (κ3) is 6.16. The Balaban J connectivity index is 1.40. The molecule has 0 radical (unpaired) electrons. The van der Waals surface area contributed by atoms with Gasteiger partial charge in [-0.25, -0.2) is 18.0 Å². The van der Waals surface area contributed by atoms with Gasteiger partial charge in [0, 0.05) is 37.7 Å². The lowest BCUT2D eigenvalue weighted by molar-refractivity contribution is -0.122. The molecule has 1 N–H and O–H groups in total. The van der Waals surface area contributed by atoms with E-state index in [2.05, 4.69) is 11.9 Å². The van der Waals surface area contributed by atoms with Crippen molar-refractivity contribution in [3.05, 3.63) is 76.7 Å². The minimum Gasteiger partial charge on any atom is -0.484 e. The van der Waals surface area contributed by atoms with E-state index in [1.54, 1.807) is 0 Å². The van der Waals surface area contributed by atoms with Gasteiger partial charge in [0.05, 0.1) is 5.02 Å². The van der Waals surface area contributed by atoms with Gasteiger partial charge in [-0.1, -0.05) is 24.2 Å². The van der Waals surface area contributed by atoms with Gasteiger partial charge in [0.1, 0.15) is 17.7 Å². The molecule has 1 unspecified atom stereocenters. The number of halogens is 4. The molecule has 0 bridgehead atoms. The van der Waals surface area contributed by atoms with Crippen molar-refractivity contribution in [3.63, 3.8) is 0 Å². The van der Waals surface area contributed by atoms with Gasteiger partial charge in [-0.2, -0.15) is 0 Å². The monoisotopic (exact) mass is 468 g/mol. The molecule has 32 heavy (non-hydrogen) atoms. The van der Waals surface area contributed by atoms with Crippen LogP contribution in [-0.2, 0) is 9.53 Å². The van der Waals surface area contributed by atoms with Crippen molar-refractivity contribution in [2.45, 2.75) is 18.9 Å². The number of amides is 2. The first-order valence-electron chi connectivity index (χ1n) is 9.69. The molecule has 1 fully saturated rings. The zero-order valence-electron chi connectivity index (χ0n) is 16.9. The van der Waals surface area contributed by atoms with E-state index >= 15 is 0 Å². The highest BCUT2D eigenvalue weighted by Gasteiger charge is 2.28. The summed E-state index contributed by atoms with van der Waals surface area (Å²) in [6.07, 6.45) is -0.585.